The number of anilines is 1. The molecule has 3 aliphatic rings. The highest BCUT2D eigenvalue weighted by atomic mass is 35.5. The molecule has 1 spiro atoms. The average molecular weight is 499 g/mol. The van der Waals surface area contributed by atoms with Crippen molar-refractivity contribution < 1.29 is 27.5 Å². The van der Waals surface area contributed by atoms with Crippen LogP contribution in [0, 0.1) is 5.92 Å². The van der Waals surface area contributed by atoms with Gasteiger partial charge < -0.3 is 15.4 Å². The predicted molar refractivity (Wildman–Crippen MR) is 120 cm³/mol. The van der Waals surface area contributed by atoms with Crippen LogP contribution in [0.4, 0.5) is 10.5 Å². The van der Waals surface area contributed by atoms with Crippen LogP contribution in [0.25, 0.3) is 0 Å². The van der Waals surface area contributed by atoms with Gasteiger partial charge in [-0.25, -0.2) is 13.2 Å². The molecule has 1 saturated carbocycles. The van der Waals surface area contributed by atoms with E-state index in [1.165, 1.54) is 22.5 Å². The summed E-state index contributed by atoms with van der Waals surface area (Å²) in [5.41, 5.74) is -0.728. The molecule has 0 aromatic heterocycles. The van der Waals surface area contributed by atoms with Crippen LogP contribution in [0.3, 0.4) is 0 Å². The van der Waals surface area contributed by atoms with E-state index >= 15 is 0 Å². The van der Waals surface area contributed by atoms with Crippen molar-refractivity contribution in [3.8, 4) is 0 Å². The van der Waals surface area contributed by atoms with Crippen LogP contribution in [0.15, 0.2) is 23.1 Å². The number of carbonyl (C=O) groups is 3. The van der Waals surface area contributed by atoms with Crippen molar-refractivity contribution in [3.63, 3.8) is 0 Å². The number of benzene rings is 1. The number of nitrogens with one attached hydrogen (secondary N) is 2. The number of rotatable bonds is 5. The Morgan fingerprint density at radius 3 is 2.58 bits per heavy atom. The number of carbonyl (C=O) groups excluding carboxylic acids is 3. The second kappa shape index (κ2) is 9.21. The van der Waals surface area contributed by atoms with Gasteiger partial charge in [-0.1, -0.05) is 18.5 Å². The van der Waals surface area contributed by atoms with Crippen LogP contribution >= 0.6 is 11.6 Å². The van der Waals surface area contributed by atoms with Crippen molar-refractivity contribution in [1.29, 1.82) is 0 Å². The summed E-state index contributed by atoms with van der Waals surface area (Å²) in [6, 6.07) is 3.54. The maximum atomic E-state index is 13.0. The Morgan fingerprint density at radius 2 is 1.91 bits per heavy atom. The number of ether oxygens (including phenoxy) is 1. The summed E-state index contributed by atoms with van der Waals surface area (Å²) in [5.74, 6) is -0.511. The molecule has 2 heterocycles. The number of amides is 4. The monoisotopic (exact) mass is 498 g/mol. The summed E-state index contributed by atoms with van der Waals surface area (Å²) in [5, 5.41) is 5.38. The van der Waals surface area contributed by atoms with E-state index in [2.05, 4.69) is 17.6 Å². The van der Waals surface area contributed by atoms with Crippen LogP contribution < -0.4 is 10.6 Å². The Bertz CT molecular complexity index is 1060. The van der Waals surface area contributed by atoms with Crippen molar-refractivity contribution in [2.75, 3.05) is 38.2 Å². The van der Waals surface area contributed by atoms with Crippen LogP contribution in [-0.2, 0) is 24.3 Å². The quantitative estimate of drug-likeness (QED) is 0.596. The lowest BCUT2D eigenvalue weighted by Gasteiger charge is -2.33. The minimum atomic E-state index is -3.87. The molecule has 2 saturated heterocycles. The van der Waals surface area contributed by atoms with Gasteiger partial charge in [-0.2, -0.15) is 4.31 Å². The number of morpholine rings is 1. The van der Waals surface area contributed by atoms with E-state index in [-0.39, 0.29) is 34.6 Å². The normalized spacial score (nSPS) is 26.5. The van der Waals surface area contributed by atoms with Crippen molar-refractivity contribution in [1.82, 2.24) is 14.5 Å². The van der Waals surface area contributed by atoms with Crippen LogP contribution in [-0.4, -0.2) is 73.9 Å². The highest BCUT2D eigenvalue weighted by molar-refractivity contribution is 7.89. The lowest BCUT2D eigenvalue weighted by atomic mass is 9.77. The molecule has 1 aromatic rings. The standard InChI is InChI=1S/C21H27ClN4O6S/c1-14-4-6-21(7-5-14)19(28)26(20(29)24-21)13-18(27)23-15-2-3-16(22)17(12-15)33(30,31)25-8-10-32-11-9-25/h2-3,12,14H,4-11,13H2,1H3,(H,23,27)(H,24,29). The third-order valence-electron chi connectivity index (χ3n) is 6.48. The summed E-state index contributed by atoms with van der Waals surface area (Å²) in [6.07, 6.45) is 2.77. The number of hydrogen-bond donors (Lipinski definition) is 2. The molecule has 180 valence electrons. The van der Waals surface area contributed by atoms with Gasteiger partial charge in [-0.05, 0) is 49.8 Å². The molecule has 1 aromatic carbocycles. The number of hydrogen-bond acceptors (Lipinski definition) is 6. The van der Waals surface area contributed by atoms with E-state index in [1.54, 1.807) is 0 Å². The Morgan fingerprint density at radius 1 is 1.24 bits per heavy atom. The van der Waals surface area contributed by atoms with Gasteiger partial charge >= 0.3 is 6.03 Å². The molecule has 33 heavy (non-hydrogen) atoms. The molecular formula is C21H27ClN4O6S. The minimum absolute atomic E-state index is 0.0297. The summed E-state index contributed by atoms with van der Waals surface area (Å²) < 4.78 is 32.4. The fourth-order valence-electron chi connectivity index (χ4n) is 4.46. The molecule has 0 atom stereocenters. The first kappa shape index (κ1) is 23.9. The first-order valence-electron chi connectivity index (χ1n) is 10.9. The molecule has 0 bridgehead atoms. The molecule has 1 aliphatic carbocycles. The van der Waals surface area contributed by atoms with Gasteiger partial charge in [0.25, 0.3) is 5.91 Å². The molecule has 3 fully saturated rings. The summed E-state index contributed by atoms with van der Waals surface area (Å²) >= 11 is 6.15. The largest absolute Gasteiger partial charge is 0.379 e. The maximum absolute atomic E-state index is 13.0. The molecule has 4 rings (SSSR count). The highest BCUT2D eigenvalue weighted by Gasteiger charge is 2.52. The van der Waals surface area contributed by atoms with E-state index < -0.39 is 34.0 Å². The third kappa shape index (κ3) is 4.72. The van der Waals surface area contributed by atoms with Crippen molar-refractivity contribution in [2.24, 2.45) is 5.92 Å². The second-order valence-electron chi connectivity index (χ2n) is 8.80. The minimum Gasteiger partial charge on any atom is -0.379 e. The molecule has 0 unspecified atom stereocenters. The lowest BCUT2D eigenvalue weighted by Crippen LogP contribution is -2.49. The van der Waals surface area contributed by atoms with Gasteiger partial charge in [0.05, 0.1) is 18.2 Å². The van der Waals surface area contributed by atoms with Gasteiger partial charge in [0, 0.05) is 18.8 Å². The van der Waals surface area contributed by atoms with Gasteiger partial charge in [0.2, 0.25) is 15.9 Å². The Hall–Kier alpha value is -2.21. The Balaban J connectivity index is 1.45. The summed E-state index contributed by atoms with van der Waals surface area (Å²) in [6.45, 7) is 2.65. The summed E-state index contributed by atoms with van der Waals surface area (Å²) in [7, 11) is -3.87. The van der Waals surface area contributed by atoms with Crippen molar-refractivity contribution in [2.45, 2.75) is 43.0 Å². The number of sulfonamides is 1. The molecule has 2 N–H and O–H groups in total. The van der Waals surface area contributed by atoms with Crippen LogP contribution in [0.1, 0.15) is 32.6 Å². The molecular weight excluding hydrogens is 472 g/mol. The first-order chi connectivity index (χ1) is 15.6. The molecule has 2 aliphatic heterocycles. The number of halogens is 1. The summed E-state index contributed by atoms with van der Waals surface area (Å²) in [4.78, 5) is 38.8. The zero-order valence-electron chi connectivity index (χ0n) is 18.3. The number of imide groups is 1. The van der Waals surface area contributed by atoms with E-state index in [0.29, 0.717) is 32.0 Å². The third-order valence-corrected chi connectivity index (χ3v) is 8.86. The van der Waals surface area contributed by atoms with Gasteiger partial charge in [0.15, 0.2) is 0 Å². The molecule has 12 heteroatoms. The van der Waals surface area contributed by atoms with E-state index in [9.17, 15) is 22.8 Å². The SMILES string of the molecule is CC1CCC2(CC1)NC(=O)N(CC(=O)Nc1ccc(Cl)c(S(=O)(=O)N3CCOCC3)c1)C2=O. The van der Waals surface area contributed by atoms with Crippen molar-refractivity contribution in [3.05, 3.63) is 23.2 Å². The molecule has 10 nitrogen and oxygen atoms in total. The average Bonchev–Trinajstić information content (AvgIpc) is 3.01. The van der Waals surface area contributed by atoms with Gasteiger partial charge in [0.1, 0.15) is 17.0 Å². The number of urea groups is 1. The highest BCUT2D eigenvalue weighted by Crippen LogP contribution is 2.36. The smallest absolute Gasteiger partial charge is 0.325 e. The first-order valence-corrected chi connectivity index (χ1v) is 12.8. The zero-order chi connectivity index (χ0) is 23.8. The topological polar surface area (TPSA) is 125 Å². The van der Waals surface area contributed by atoms with E-state index in [0.717, 1.165) is 17.7 Å². The van der Waals surface area contributed by atoms with E-state index in [4.69, 9.17) is 16.3 Å². The Kier molecular flexibility index (Phi) is 6.68. The van der Waals surface area contributed by atoms with Crippen LogP contribution in [0.2, 0.25) is 5.02 Å². The molecule has 0 radical (unpaired) electrons. The maximum Gasteiger partial charge on any atom is 0.325 e. The fraction of sp³-hybridized carbons (Fsp3) is 0.571. The molecule has 4 amide bonds. The predicted octanol–water partition coefficient (Wildman–Crippen LogP) is 1.80. The van der Waals surface area contributed by atoms with Gasteiger partial charge in [-0.3, -0.25) is 14.5 Å². The van der Waals surface area contributed by atoms with Crippen LogP contribution in [0.5, 0.6) is 0 Å². The zero-order valence-corrected chi connectivity index (χ0v) is 19.9. The van der Waals surface area contributed by atoms with E-state index in [1.807, 2.05) is 0 Å². The van der Waals surface area contributed by atoms with Gasteiger partial charge in [-0.15, -0.1) is 0 Å². The Labute approximate surface area is 197 Å². The van der Waals surface area contributed by atoms with Crippen molar-refractivity contribution >= 4 is 45.2 Å². The second-order valence-corrected chi connectivity index (χ2v) is 11.1. The fourth-order valence-corrected chi connectivity index (χ4v) is 6.37. The number of nitrogens with zero attached hydrogens (tertiary/aromatic N) is 2. The lowest BCUT2D eigenvalue weighted by molar-refractivity contribution is -0.135.